The van der Waals surface area contributed by atoms with E-state index in [1.807, 2.05) is 0 Å². The number of benzene rings is 2. The van der Waals surface area contributed by atoms with Crippen LogP contribution in [0.5, 0.6) is 0 Å². The minimum atomic E-state index is -3.71. The normalized spacial score (nSPS) is 10.6. The maximum Gasteiger partial charge on any atom is 0.335 e. The number of carboxylic acids is 1. The van der Waals surface area contributed by atoms with Gasteiger partial charge in [0.05, 0.1) is 10.5 Å². The van der Waals surface area contributed by atoms with Gasteiger partial charge in [0.2, 0.25) is 0 Å². The van der Waals surface area contributed by atoms with Crippen LogP contribution in [0.1, 0.15) is 15.9 Å². The highest BCUT2D eigenvalue weighted by molar-refractivity contribution is 7.92. The molecule has 2 rings (SSSR count). The van der Waals surface area contributed by atoms with Crippen LogP contribution < -0.4 is 10.5 Å². The van der Waals surface area contributed by atoms with Gasteiger partial charge in [-0.2, -0.15) is 0 Å². The first kappa shape index (κ1) is 18.0. The molecule has 0 bridgehead atoms. The van der Waals surface area contributed by atoms with Crippen molar-refractivity contribution in [1.29, 1.82) is 0 Å². The molecule has 0 aliphatic heterocycles. The Bertz CT molecular complexity index is 743. The number of carbonyl (C=O) groups is 1. The zero-order chi connectivity index (χ0) is 15.5. The van der Waals surface area contributed by atoms with E-state index in [9.17, 15) is 13.2 Å². The average molecular weight is 343 g/mol. The fourth-order valence-electron chi connectivity index (χ4n) is 1.70. The number of hydrogen-bond acceptors (Lipinski definition) is 4. The maximum absolute atomic E-state index is 12.2. The number of anilines is 1. The van der Waals surface area contributed by atoms with Gasteiger partial charge in [0.1, 0.15) is 0 Å². The summed E-state index contributed by atoms with van der Waals surface area (Å²) in [6, 6.07) is 11.7. The van der Waals surface area contributed by atoms with Crippen molar-refractivity contribution < 1.29 is 18.3 Å². The SMILES string of the molecule is Cl.NCc1ccc(S(=O)(=O)Nc2ccc(C(=O)O)cc2)cc1. The summed E-state index contributed by atoms with van der Waals surface area (Å²) in [6.45, 7) is 0.338. The number of hydrogen-bond donors (Lipinski definition) is 3. The van der Waals surface area contributed by atoms with E-state index in [0.717, 1.165) is 5.56 Å². The Balaban J connectivity index is 0.00000242. The second-order valence-electron chi connectivity index (χ2n) is 4.34. The van der Waals surface area contributed by atoms with Crippen molar-refractivity contribution in [2.24, 2.45) is 5.73 Å². The Morgan fingerprint density at radius 1 is 1.05 bits per heavy atom. The van der Waals surface area contributed by atoms with Gasteiger partial charge in [-0.25, -0.2) is 13.2 Å². The summed E-state index contributed by atoms with van der Waals surface area (Å²) in [5.74, 6) is -1.07. The lowest BCUT2D eigenvalue weighted by molar-refractivity contribution is 0.0697. The fraction of sp³-hybridized carbons (Fsp3) is 0.0714. The number of sulfonamides is 1. The molecule has 0 heterocycles. The molecule has 118 valence electrons. The molecule has 0 aliphatic carbocycles. The van der Waals surface area contributed by atoms with Gasteiger partial charge in [-0.1, -0.05) is 12.1 Å². The Morgan fingerprint density at radius 2 is 1.59 bits per heavy atom. The predicted molar refractivity (Wildman–Crippen MR) is 85.8 cm³/mol. The first-order valence-electron chi connectivity index (χ1n) is 6.07. The molecule has 2 aromatic rings. The highest BCUT2D eigenvalue weighted by Crippen LogP contribution is 2.17. The Morgan fingerprint density at radius 3 is 2.05 bits per heavy atom. The van der Waals surface area contributed by atoms with Crippen LogP contribution in [0.25, 0.3) is 0 Å². The summed E-state index contributed by atoms with van der Waals surface area (Å²) in [6.07, 6.45) is 0. The van der Waals surface area contributed by atoms with Crippen molar-refractivity contribution in [1.82, 2.24) is 0 Å². The monoisotopic (exact) mass is 342 g/mol. The molecule has 6 nitrogen and oxygen atoms in total. The van der Waals surface area contributed by atoms with E-state index < -0.39 is 16.0 Å². The first-order valence-corrected chi connectivity index (χ1v) is 7.56. The lowest BCUT2D eigenvalue weighted by Crippen LogP contribution is -2.13. The van der Waals surface area contributed by atoms with E-state index >= 15 is 0 Å². The fourth-order valence-corrected chi connectivity index (χ4v) is 2.76. The van der Waals surface area contributed by atoms with Crippen molar-refractivity contribution in [3.8, 4) is 0 Å². The number of nitrogens with two attached hydrogens (primary N) is 1. The first-order chi connectivity index (χ1) is 9.92. The molecule has 0 unspecified atom stereocenters. The number of nitrogens with one attached hydrogen (secondary N) is 1. The van der Waals surface area contributed by atoms with Gasteiger partial charge in [0, 0.05) is 12.2 Å². The standard InChI is InChI=1S/C14H14N2O4S.ClH/c15-9-10-1-7-13(8-2-10)21(19,20)16-12-5-3-11(4-6-12)14(17)18;/h1-8,16H,9,15H2,(H,17,18);1H. The lowest BCUT2D eigenvalue weighted by atomic mass is 10.2. The zero-order valence-electron chi connectivity index (χ0n) is 11.4. The van der Waals surface area contributed by atoms with Crippen LogP contribution in [0.4, 0.5) is 5.69 Å². The number of aromatic carboxylic acids is 1. The number of rotatable bonds is 5. The van der Waals surface area contributed by atoms with Crippen LogP contribution in [-0.2, 0) is 16.6 Å². The smallest absolute Gasteiger partial charge is 0.335 e. The topological polar surface area (TPSA) is 109 Å². The molecular weight excluding hydrogens is 328 g/mol. The number of carboxylic acid groups (broad SMARTS) is 1. The Hall–Kier alpha value is -2.09. The summed E-state index contributed by atoms with van der Waals surface area (Å²) in [5.41, 5.74) is 6.67. The molecule has 0 radical (unpaired) electrons. The van der Waals surface area contributed by atoms with Crippen molar-refractivity contribution in [3.05, 3.63) is 59.7 Å². The van der Waals surface area contributed by atoms with Crippen LogP contribution in [-0.4, -0.2) is 19.5 Å². The molecule has 0 amide bonds. The van der Waals surface area contributed by atoms with Gasteiger partial charge >= 0.3 is 5.97 Å². The van der Waals surface area contributed by atoms with Crippen molar-refractivity contribution in [2.45, 2.75) is 11.4 Å². The molecule has 0 saturated heterocycles. The predicted octanol–water partition coefficient (Wildman–Crippen LogP) is 2.07. The van der Waals surface area contributed by atoms with Crippen LogP contribution in [0, 0.1) is 0 Å². The van der Waals surface area contributed by atoms with Crippen molar-refractivity contribution in [3.63, 3.8) is 0 Å². The van der Waals surface area contributed by atoms with Gasteiger partial charge in [0.15, 0.2) is 0 Å². The van der Waals surface area contributed by atoms with E-state index in [1.54, 1.807) is 12.1 Å². The largest absolute Gasteiger partial charge is 0.478 e. The number of halogens is 1. The third kappa shape index (κ3) is 4.20. The third-order valence-electron chi connectivity index (χ3n) is 2.85. The molecule has 4 N–H and O–H groups in total. The van der Waals surface area contributed by atoms with Crippen LogP contribution in [0.15, 0.2) is 53.4 Å². The maximum atomic E-state index is 12.2. The molecule has 8 heteroatoms. The summed E-state index contributed by atoms with van der Waals surface area (Å²) in [4.78, 5) is 10.8. The Kier molecular flexibility index (Phi) is 5.92. The van der Waals surface area contributed by atoms with E-state index in [0.29, 0.717) is 12.2 Å². The van der Waals surface area contributed by atoms with E-state index in [1.165, 1.54) is 36.4 Å². The van der Waals surface area contributed by atoms with Gasteiger partial charge < -0.3 is 10.8 Å². The molecule has 0 fully saturated rings. The van der Waals surface area contributed by atoms with Gasteiger partial charge in [-0.15, -0.1) is 12.4 Å². The van der Waals surface area contributed by atoms with Crippen molar-refractivity contribution in [2.75, 3.05) is 4.72 Å². The lowest BCUT2D eigenvalue weighted by Gasteiger charge is -2.08. The molecule has 0 spiro atoms. The minimum absolute atomic E-state index is 0. The average Bonchev–Trinajstić information content (AvgIpc) is 2.47. The quantitative estimate of drug-likeness (QED) is 0.770. The summed E-state index contributed by atoms with van der Waals surface area (Å²) < 4.78 is 26.7. The van der Waals surface area contributed by atoms with Crippen LogP contribution in [0.3, 0.4) is 0 Å². The molecule has 0 saturated carbocycles. The summed E-state index contributed by atoms with van der Waals surface area (Å²) in [5, 5.41) is 8.79. The van der Waals surface area contributed by atoms with Crippen molar-refractivity contribution >= 4 is 34.1 Å². The molecule has 2 aromatic carbocycles. The van der Waals surface area contributed by atoms with Gasteiger partial charge in [0.25, 0.3) is 10.0 Å². The highest BCUT2D eigenvalue weighted by atomic mass is 35.5. The minimum Gasteiger partial charge on any atom is -0.478 e. The second-order valence-corrected chi connectivity index (χ2v) is 6.02. The summed E-state index contributed by atoms with van der Waals surface area (Å²) >= 11 is 0. The Labute approximate surface area is 134 Å². The zero-order valence-corrected chi connectivity index (χ0v) is 13.0. The highest BCUT2D eigenvalue weighted by Gasteiger charge is 2.14. The van der Waals surface area contributed by atoms with Gasteiger partial charge in [-0.05, 0) is 42.0 Å². The third-order valence-corrected chi connectivity index (χ3v) is 4.25. The molecule has 0 atom stereocenters. The van der Waals surface area contributed by atoms with E-state index in [4.69, 9.17) is 10.8 Å². The summed E-state index contributed by atoms with van der Waals surface area (Å²) in [7, 11) is -3.71. The van der Waals surface area contributed by atoms with Crippen LogP contribution in [0.2, 0.25) is 0 Å². The molecule has 0 aromatic heterocycles. The second kappa shape index (κ2) is 7.26. The molecule has 22 heavy (non-hydrogen) atoms. The van der Waals surface area contributed by atoms with E-state index in [2.05, 4.69) is 4.72 Å². The van der Waals surface area contributed by atoms with E-state index in [-0.39, 0.29) is 22.9 Å². The molecule has 0 aliphatic rings. The van der Waals surface area contributed by atoms with Crippen LogP contribution >= 0.6 is 12.4 Å². The van der Waals surface area contributed by atoms with Gasteiger partial charge in [-0.3, -0.25) is 4.72 Å². The molecular formula is C14H15ClN2O4S.